The van der Waals surface area contributed by atoms with Gasteiger partial charge in [-0.25, -0.2) is 0 Å². The first-order valence-corrected chi connectivity index (χ1v) is 9.60. The van der Waals surface area contributed by atoms with Gasteiger partial charge in [-0.3, -0.25) is 9.88 Å². The predicted molar refractivity (Wildman–Crippen MR) is 113 cm³/mol. The molecule has 0 saturated heterocycles. The summed E-state index contributed by atoms with van der Waals surface area (Å²) in [6.45, 7) is 2.24. The highest BCUT2D eigenvalue weighted by Gasteiger charge is 2.12. The highest BCUT2D eigenvalue weighted by Crippen LogP contribution is 2.29. The van der Waals surface area contributed by atoms with E-state index in [0.29, 0.717) is 10.0 Å². The molecule has 0 fully saturated rings. The minimum absolute atomic E-state index is 0.561. The number of hydrogen-bond donors (Lipinski definition) is 0. The molecule has 0 bridgehead atoms. The normalized spacial score (nSPS) is 10.9. The highest BCUT2D eigenvalue weighted by molar-refractivity contribution is 6.42. The third-order valence-corrected chi connectivity index (χ3v) is 5.14. The fraction of sp³-hybridized carbons (Fsp3) is 0.227. The molecule has 6 heteroatoms. The van der Waals surface area contributed by atoms with E-state index in [0.717, 1.165) is 42.3 Å². The van der Waals surface area contributed by atoms with Gasteiger partial charge in [0.1, 0.15) is 0 Å². The fourth-order valence-electron chi connectivity index (χ4n) is 3.05. The van der Waals surface area contributed by atoms with E-state index in [1.165, 1.54) is 5.56 Å². The molecule has 0 N–H and O–H groups in total. The molecule has 0 aliphatic heterocycles. The van der Waals surface area contributed by atoms with E-state index in [-0.39, 0.29) is 0 Å². The van der Waals surface area contributed by atoms with Crippen molar-refractivity contribution >= 4 is 23.2 Å². The molecule has 0 aliphatic carbocycles. The van der Waals surface area contributed by atoms with Crippen molar-refractivity contribution in [1.29, 1.82) is 0 Å². The van der Waals surface area contributed by atoms with Gasteiger partial charge in [-0.15, -0.1) is 0 Å². The van der Waals surface area contributed by atoms with Crippen molar-refractivity contribution in [2.75, 3.05) is 14.2 Å². The zero-order chi connectivity index (χ0) is 19.9. The number of rotatable bonds is 8. The molecule has 0 amide bonds. The molecule has 3 aromatic rings. The topological polar surface area (TPSA) is 34.6 Å². The van der Waals surface area contributed by atoms with E-state index < -0.39 is 0 Å². The molecule has 3 rings (SSSR count). The van der Waals surface area contributed by atoms with Gasteiger partial charge in [-0.2, -0.15) is 0 Å². The molecular weight excluding hydrogens is 395 g/mol. The second-order valence-corrected chi connectivity index (χ2v) is 7.25. The predicted octanol–water partition coefficient (Wildman–Crippen LogP) is 5.61. The average Bonchev–Trinajstić information content (AvgIpc) is 2.71. The second-order valence-electron chi connectivity index (χ2n) is 6.44. The number of aromatic nitrogens is 1. The van der Waals surface area contributed by atoms with E-state index in [4.69, 9.17) is 32.7 Å². The van der Waals surface area contributed by atoms with Crippen LogP contribution in [0.3, 0.4) is 0 Å². The number of halogens is 2. The largest absolute Gasteiger partial charge is 0.493 e. The van der Waals surface area contributed by atoms with E-state index in [1.807, 2.05) is 54.9 Å². The van der Waals surface area contributed by atoms with E-state index in [1.54, 1.807) is 14.2 Å². The molecule has 2 aromatic carbocycles. The summed E-state index contributed by atoms with van der Waals surface area (Å²) >= 11 is 12.3. The molecule has 4 nitrogen and oxygen atoms in total. The summed E-state index contributed by atoms with van der Waals surface area (Å²) in [5, 5.41) is 1.13. The molecule has 0 aliphatic rings. The van der Waals surface area contributed by atoms with Gasteiger partial charge < -0.3 is 9.47 Å². The lowest BCUT2D eigenvalue weighted by atomic mass is 10.1. The van der Waals surface area contributed by atoms with Gasteiger partial charge in [0, 0.05) is 32.0 Å². The third-order valence-electron chi connectivity index (χ3n) is 4.40. The quantitative estimate of drug-likeness (QED) is 0.477. The smallest absolute Gasteiger partial charge is 0.161 e. The Balaban J connectivity index is 1.84. The Morgan fingerprint density at radius 3 is 1.96 bits per heavy atom. The van der Waals surface area contributed by atoms with E-state index in [9.17, 15) is 0 Å². The van der Waals surface area contributed by atoms with Crippen LogP contribution in [-0.4, -0.2) is 24.1 Å². The molecule has 0 atom stereocenters. The van der Waals surface area contributed by atoms with Crippen molar-refractivity contribution in [3.05, 3.63) is 87.7 Å². The maximum atomic E-state index is 6.20. The van der Waals surface area contributed by atoms with Crippen LogP contribution in [0.1, 0.15) is 16.7 Å². The van der Waals surface area contributed by atoms with Gasteiger partial charge in [-0.1, -0.05) is 35.3 Å². The van der Waals surface area contributed by atoms with Crippen LogP contribution in [-0.2, 0) is 19.6 Å². The summed E-state index contributed by atoms with van der Waals surface area (Å²) in [6.07, 6.45) is 3.62. The van der Waals surface area contributed by atoms with Gasteiger partial charge in [-0.05, 0) is 53.1 Å². The number of methoxy groups -OCH3 is 2. The Morgan fingerprint density at radius 1 is 0.714 bits per heavy atom. The van der Waals surface area contributed by atoms with Crippen LogP contribution >= 0.6 is 23.2 Å². The molecule has 0 spiro atoms. The zero-order valence-corrected chi connectivity index (χ0v) is 17.4. The summed E-state index contributed by atoms with van der Waals surface area (Å²) in [5.41, 5.74) is 3.42. The van der Waals surface area contributed by atoms with E-state index in [2.05, 4.69) is 16.0 Å². The Hall–Kier alpha value is -2.27. The first kappa shape index (κ1) is 20.5. The Bertz CT molecular complexity index is 920. The maximum absolute atomic E-state index is 6.20. The Kier molecular flexibility index (Phi) is 7.15. The number of pyridine rings is 1. The maximum Gasteiger partial charge on any atom is 0.161 e. The van der Waals surface area contributed by atoms with Crippen LogP contribution in [0.5, 0.6) is 11.5 Å². The second kappa shape index (κ2) is 9.78. The van der Waals surface area contributed by atoms with Crippen molar-refractivity contribution in [1.82, 2.24) is 9.88 Å². The number of benzene rings is 2. The SMILES string of the molecule is COc1ccc(CN(Cc2ccncc2)Cc2ccc(Cl)c(Cl)c2)cc1OC. The van der Waals surface area contributed by atoms with Crippen LogP contribution in [0.2, 0.25) is 10.0 Å². The Morgan fingerprint density at radius 2 is 1.32 bits per heavy atom. The fourth-order valence-corrected chi connectivity index (χ4v) is 3.37. The molecule has 146 valence electrons. The first-order valence-electron chi connectivity index (χ1n) is 8.85. The van der Waals surface area contributed by atoms with Gasteiger partial charge in [0.05, 0.1) is 24.3 Å². The molecular formula is C22H22Cl2N2O2. The third kappa shape index (κ3) is 5.38. The van der Waals surface area contributed by atoms with Crippen molar-refractivity contribution in [2.24, 2.45) is 0 Å². The lowest BCUT2D eigenvalue weighted by Crippen LogP contribution is -2.22. The minimum atomic E-state index is 0.561. The van der Waals surface area contributed by atoms with Crippen molar-refractivity contribution in [3.8, 4) is 11.5 Å². The molecule has 28 heavy (non-hydrogen) atoms. The zero-order valence-electron chi connectivity index (χ0n) is 15.9. The van der Waals surface area contributed by atoms with Gasteiger partial charge >= 0.3 is 0 Å². The molecule has 1 aromatic heterocycles. The number of ether oxygens (including phenoxy) is 2. The molecule has 0 radical (unpaired) electrons. The van der Waals surface area contributed by atoms with Crippen LogP contribution in [0.15, 0.2) is 60.9 Å². The highest BCUT2D eigenvalue weighted by atomic mass is 35.5. The van der Waals surface area contributed by atoms with Crippen LogP contribution < -0.4 is 9.47 Å². The summed E-state index contributed by atoms with van der Waals surface area (Å²) in [5.74, 6) is 1.44. The van der Waals surface area contributed by atoms with Crippen molar-refractivity contribution < 1.29 is 9.47 Å². The van der Waals surface area contributed by atoms with Crippen molar-refractivity contribution in [3.63, 3.8) is 0 Å². The monoisotopic (exact) mass is 416 g/mol. The summed E-state index contributed by atoms with van der Waals surface area (Å²) in [6, 6.07) is 15.8. The standard InChI is InChI=1S/C22H22Cl2N2O2/c1-27-21-6-4-18(12-22(21)28-2)15-26(13-16-7-9-25-10-8-16)14-17-3-5-19(23)20(24)11-17/h3-12H,13-15H2,1-2H3. The van der Waals surface area contributed by atoms with E-state index >= 15 is 0 Å². The van der Waals surface area contributed by atoms with Crippen molar-refractivity contribution in [2.45, 2.75) is 19.6 Å². The summed E-state index contributed by atoms with van der Waals surface area (Å²) < 4.78 is 10.8. The molecule has 0 unspecified atom stereocenters. The van der Waals surface area contributed by atoms with Gasteiger partial charge in [0.2, 0.25) is 0 Å². The summed E-state index contributed by atoms with van der Waals surface area (Å²) in [7, 11) is 3.28. The lowest BCUT2D eigenvalue weighted by molar-refractivity contribution is 0.247. The van der Waals surface area contributed by atoms with Crippen LogP contribution in [0.25, 0.3) is 0 Å². The number of hydrogen-bond acceptors (Lipinski definition) is 4. The number of nitrogens with zero attached hydrogens (tertiary/aromatic N) is 2. The molecule has 0 saturated carbocycles. The van der Waals surface area contributed by atoms with Crippen LogP contribution in [0, 0.1) is 0 Å². The van der Waals surface area contributed by atoms with Gasteiger partial charge in [0.25, 0.3) is 0 Å². The summed E-state index contributed by atoms with van der Waals surface area (Å²) in [4.78, 5) is 6.43. The lowest BCUT2D eigenvalue weighted by Gasteiger charge is -2.23. The molecule has 1 heterocycles. The minimum Gasteiger partial charge on any atom is -0.493 e. The average molecular weight is 417 g/mol. The van der Waals surface area contributed by atoms with Crippen LogP contribution in [0.4, 0.5) is 0 Å². The first-order chi connectivity index (χ1) is 13.6. The van der Waals surface area contributed by atoms with Gasteiger partial charge in [0.15, 0.2) is 11.5 Å². The Labute approximate surface area is 175 Å².